The molecule has 0 saturated carbocycles. The number of anilines is 1. The van der Waals surface area contributed by atoms with E-state index in [2.05, 4.69) is 20.3 Å². The smallest absolute Gasteiger partial charge is 0.364 e. The van der Waals surface area contributed by atoms with E-state index < -0.39 is 17.2 Å². The summed E-state index contributed by atoms with van der Waals surface area (Å²) in [5.74, 6) is 0.00929. The second kappa shape index (κ2) is 6.26. The molecule has 0 radical (unpaired) electrons. The zero-order chi connectivity index (χ0) is 15.5. The highest BCUT2D eigenvalue weighted by atomic mass is 35.5. The number of hydrogen-bond acceptors (Lipinski definition) is 4. The van der Waals surface area contributed by atoms with E-state index in [9.17, 15) is 13.2 Å². The van der Waals surface area contributed by atoms with Crippen LogP contribution in [0, 0.1) is 0 Å². The van der Waals surface area contributed by atoms with Crippen LogP contribution in [0.15, 0.2) is 24.4 Å². The predicted octanol–water partition coefficient (Wildman–Crippen LogP) is 3.72. The monoisotopic (exact) mass is 316 g/mol. The second-order valence-electron chi connectivity index (χ2n) is 4.22. The molecule has 0 spiro atoms. The molecule has 2 heterocycles. The van der Waals surface area contributed by atoms with Crippen LogP contribution in [-0.4, -0.2) is 15.0 Å². The molecule has 0 aliphatic rings. The van der Waals surface area contributed by atoms with Gasteiger partial charge in [0.1, 0.15) is 5.82 Å². The lowest BCUT2D eigenvalue weighted by Gasteiger charge is -2.11. The molecule has 8 heteroatoms. The highest BCUT2D eigenvalue weighted by Crippen LogP contribution is 2.29. The van der Waals surface area contributed by atoms with Gasteiger partial charge in [0.15, 0.2) is 5.69 Å². The lowest BCUT2D eigenvalue weighted by molar-refractivity contribution is -0.141. The van der Waals surface area contributed by atoms with Crippen molar-refractivity contribution in [2.24, 2.45) is 0 Å². The van der Waals surface area contributed by atoms with Crippen LogP contribution in [-0.2, 0) is 19.1 Å². The van der Waals surface area contributed by atoms with Crippen LogP contribution < -0.4 is 5.32 Å². The molecule has 2 rings (SSSR count). The first-order valence-electron chi connectivity index (χ1n) is 6.18. The Morgan fingerprint density at radius 2 is 2.05 bits per heavy atom. The van der Waals surface area contributed by atoms with Crippen LogP contribution >= 0.6 is 11.6 Å². The Morgan fingerprint density at radius 1 is 1.29 bits per heavy atom. The average Bonchev–Trinajstić information content (AvgIpc) is 2.44. The third kappa shape index (κ3) is 4.04. The molecule has 2 aromatic heterocycles. The fourth-order valence-electron chi connectivity index (χ4n) is 1.78. The third-order valence-electron chi connectivity index (χ3n) is 2.79. The summed E-state index contributed by atoms with van der Waals surface area (Å²) in [6.45, 7) is 2.23. The topological polar surface area (TPSA) is 50.7 Å². The van der Waals surface area contributed by atoms with Crippen molar-refractivity contribution in [3.63, 3.8) is 0 Å². The zero-order valence-electron chi connectivity index (χ0n) is 11.1. The van der Waals surface area contributed by atoms with Gasteiger partial charge in [0, 0.05) is 12.3 Å². The summed E-state index contributed by atoms with van der Waals surface area (Å²) >= 11 is 5.52. The lowest BCUT2D eigenvalue weighted by Crippen LogP contribution is -2.12. The first-order valence-corrected chi connectivity index (χ1v) is 6.56. The molecule has 0 fully saturated rings. The van der Waals surface area contributed by atoms with Gasteiger partial charge in [-0.15, -0.1) is 0 Å². The minimum absolute atomic E-state index is 0.00929. The maximum Gasteiger partial charge on any atom is 0.433 e. The zero-order valence-corrected chi connectivity index (χ0v) is 11.8. The van der Waals surface area contributed by atoms with Crippen molar-refractivity contribution in [3.05, 3.63) is 46.6 Å². The number of aromatic nitrogens is 3. The van der Waals surface area contributed by atoms with E-state index in [1.54, 1.807) is 6.20 Å². The number of halogens is 4. The molecule has 112 valence electrons. The maximum atomic E-state index is 12.6. The summed E-state index contributed by atoms with van der Waals surface area (Å²) in [5.41, 5.74) is 0.686. The van der Waals surface area contributed by atoms with Crippen LogP contribution in [0.4, 0.5) is 19.0 Å². The minimum atomic E-state index is -4.57. The Labute approximate surface area is 124 Å². The Hall–Kier alpha value is -1.89. The van der Waals surface area contributed by atoms with Gasteiger partial charge in [-0.3, -0.25) is 4.98 Å². The standard InChI is InChI=1S/C13H12ClF3N4/c1-2-8-4-3-5-18-9(8)7-19-11-6-10(13(15,16)17)20-12(14)21-11/h3-6H,2,7H2,1H3,(H,19,20,21). The van der Waals surface area contributed by atoms with Gasteiger partial charge in [-0.2, -0.15) is 13.2 Å². The highest BCUT2D eigenvalue weighted by Gasteiger charge is 2.33. The maximum absolute atomic E-state index is 12.6. The summed E-state index contributed by atoms with van der Waals surface area (Å²) in [6, 6.07) is 4.55. The van der Waals surface area contributed by atoms with Gasteiger partial charge < -0.3 is 5.32 Å². The van der Waals surface area contributed by atoms with Gasteiger partial charge in [0.05, 0.1) is 12.2 Å². The van der Waals surface area contributed by atoms with Gasteiger partial charge in [0.25, 0.3) is 0 Å². The Kier molecular flexibility index (Phi) is 4.62. The fourth-order valence-corrected chi connectivity index (χ4v) is 1.96. The molecule has 0 aliphatic heterocycles. The molecule has 4 nitrogen and oxygen atoms in total. The largest absolute Gasteiger partial charge is 0.433 e. The van der Waals surface area contributed by atoms with Crippen LogP contribution in [0.5, 0.6) is 0 Å². The van der Waals surface area contributed by atoms with Crippen molar-refractivity contribution >= 4 is 17.4 Å². The molecule has 0 aliphatic carbocycles. The number of rotatable bonds is 4. The van der Waals surface area contributed by atoms with Crippen LogP contribution in [0.2, 0.25) is 5.28 Å². The van der Waals surface area contributed by atoms with Gasteiger partial charge in [-0.1, -0.05) is 13.0 Å². The summed E-state index contributed by atoms with van der Waals surface area (Å²) < 4.78 is 37.9. The second-order valence-corrected chi connectivity index (χ2v) is 4.56. The Bertz CT molecular complexity index is 631. The Morgan fingerprint density at radius 3 is 2.71 bits per heavy atom. The molecule has 0 atom stereocenters. The first-order chi connectivity index (χ1) is 9.90. The number of aryl methyl sites for hydroxylation is 1. The van der Waals surface area contributed by atoms with Crippen molar-refractivity contribution in [2.45, 2.75) is 26.1 Å². The van der Waals surface area contributed by atoms with E-state index in [1.807, 2.05) is 19.1 Å². The predicted molar refractivity (Wildman–Crippen MR) is 73.0 cm³/mol. The van der Waals surface area contributed by atoms with Crippen molar-refractivity contribution in [3.8, 4) is 0 Å². The van der Waals surface area contributed by atoms with Crippen LogP contribution in [0.1, 0.15) is 23.9 Å². The molecule has 2 aromatic rings. The number of nitrogens with zero attached hydrogens (tertiary/aromatic N) is 3. The number of pyridine rings is 1. The molecule has 1 N–H and O–H groups in total. The first kappa shape index (κ1) is 15.5. The van der Waals surface area contributed by atoms with Gasteiger partial charge in [-0.25, -0.2) is 9.97 Å². The third-order valence-corrected chi connectivity index (χ3v) is 2.96. The van der Waals surface area contributed by atoms with E-state index in [-0.39, 0.29) is 12.4 Å². The molecule has 0 unspecified atom stereocenters. The summed E-state index contributed by atoms with van der Waals surface area (Å²) in [6.07, 6.45) is -2.16. The van der Waals surface area contributed by atoms with E-state index in [4.69, 9.17) is 11.6 Å². The number of alkyl halides is 3. The van der Waals surface area contributed by atoms with Crippen LogP contribution in [0.25, 0.3) is 0 Å². The van der Waals surface area contributed by atoms with Crippen LogP contribution in [0.3, 0.4) is 0 Å². The van der Waals surface area contributed by atoms with Crippen molar-refractivity contribution in [1.29, 1.82) is 0 Å². The lowest BCUT2D eigenvalue weighted by atomic mass is 10.1. The van der Waals surface area contributed by atoms with Crippen molar-refractivity contribution in [1.82, 2.24) is 15.0 Å². The SMILES string of the molecule is CCc1cccnc1CNc1cc(C(F)(F)F)nc(Cl)n1. The van der Waals surface area contributed by atoms with E-state index in [0.717, 1.165) is 23.7 Å². The molecule has 0 bridgehead atoms. The summed E-state index contributed by atoms with van der Waals surface area (Å²) in [7, 11) is 0. The molecule has 0 saturated heterocycles. The normalized spacial score (nSPS) is 11.5. The molecular formula is C13H12ClF3N4. The van der Waals surface area contributed by atoms with Gasteiger partial charge in [0.2, 0.25) is 5.28 Å². The minimum Gasteiger partial charge on any atom is -0.364 e. The quantitative estimate of drug-likeness (QED) is 0.873. The fraction of sp³-hybridized carbons (Fsp3) is 0.308. The Balaban J connectivity index is 2.19. The average molecular weight is 317 g/mol. The molecular weight excluding hydrogens is 305 g/mol. The molecule has 21 heavy (non-hydrogen) atoms. The number of nitrogens with one attached hydrogen (secondary N) is 1. The molecule has 0 amide bonds. The van der Waals surface area contributed by atoms with Crippen molar-refractivity contribution in [2.75, 3.05) is 5.32 Å². The van der Waals surface area contributed by atoms with Gasteiger partial charge >= 0.3 is 6.18 Å². The molecule has 0 aromatic carbocycles. The van der Waals surface area contributed by atoms with E-state index in [0.29, 0.717) is 0 Å². The van der Waals surface area contributed by atoms with Crippen molar-refractivity contribution < 1.29 is 13.2 Å². The van der Waals surface area contributed by atoms with E-state index >= 15 is 0 Å². The number of hydrogen-bond donors (Lipinski definition) is 1. The van der Waals surface area contributed by atoms with Gasteiger partial charge in [-0.05, 0) is 29.7 Å². The van der Waals surface area contributed by atoms with E-state index in [1.165, 1.54) is 0 Å². The summed E-state index contributed by atoms with van der Waals surface area (Å²) in [4.78, 5) is 11.1. The summed E-state index contributed by atoms with van der Waals surface area (Å²) in [5, 5.41) is 2.34. The highest BCUT2D eigenvalue weighted by molar-refractivity contribution is 6.28.